The van der Waals surface area contributed by atoms with Gasteiger partial charge in [0.15, 0.2) is 0 Å². The van der Waals surface area contributed by atoms with E-state index in [1.54, 1.807) is 0 Å². The Morgan fingerprint density at radius 1 is 0.128 bits per heavy atom. The highest BCUT2D eigenvalue weighted by molar-refractivity contribution is 7.80. The maximum absolute atomic E-state index is 4.29. The molecular weight excluding hydrogens is 509 g/mol. The lowest BCUT2D eigenvalue weighted by molar-refractivity contribution is 0.511. The summed E-state index contributed by atoms with van der Waals surface area (Å²) < 4.78 is 0. The highest BCUT2D eigenvalue weighted by Crippen LogP contribution is 2.17. The number of thiol groups is 2. The minimum absolute atomic E-state index is 1.07. The Morgan fingerprint density at radius 2 is 0.205 bits per heavy atom. The number of rotatable bonds is 36. The maximum Gasteiger partial charge on any atom is -0.00979 e. The Labute approximate surface area is 260 Å². The Hall–Kier alpha value is 0.700. The van der Waals surface area contributed by atoms with Crippen molar-refractivity contribution in [1.29, 1.82) is 0 Å². The average molecular weight is 585 g/mol. The summed E-state index contributed by atoms with van der Waals surface area (Å²) in [6.45, 7) is 0. The monoisotopic (exact) mass is 585 g/mol. The number of hydrogen-bond donors (Lipinski definition) is 2. The molecule has 0 aromatic carbocycles. The first-order valence-electron chi connectivity index (χ1n) is 18.6. The van der Waals surface area contributed by atoms with E-state index in [-0.39, 0.29) is 0 Å². The van der Waals surface area contributed by atoms with Crippen LogP contribution in [0.25, 0.3) is 0 Å². The van der Waals surface area contributed by atoms with Crippen molar-refractivity contribution in [2.75, 3.05) is 11.5 Å². The molecule has 0 bridgehead atoms. The Bertz CT molecular complexity index is 361. The predicted molar refractivity (Wildman–Crippen MR) is 189 cm³/mol. The molecule has 0 aliphatic carbocycles. The van der Waals surface area contributed by atoms with Gasteiger partial charge in [-0.1, -0.05) is 212 Å². The zero-order chi connectivity index (χ0) is 28.2. The lowest BCUT2D eigenvalue weighted by Crippen LogP contribution is -1.85. The summed E-state index contributed by atoms with van der Waals surface area (Å²) in [4.78, 5) is 0. The summed E-state index contributed by atoms with van der Waals surface area (Å²) in [5.41, 5.74) is 0. The summed E-state index contributed by atoms with van der Waals surface area (Å²) in [5, 5.41) is 0. The highest BCUT2D eigenvalue weighted by atomic mass is 32.1. The van der Waals surface area contributed by atoms with E-state index >= 15 is 0 Å². The molecule has 0 fully saturated rings. The lowest BCUT2D eigenvalue weighted by atomic mass is 10.0. The molecule has 0 aliphatic rings. The summed E-state index contributed by atoms with van der Waals surface area (Å²) in [7, 11) is 0. The molecule has 0 aliphatic heterocycles. The molecular formula is C37H76S2. The third kappa shape index (κ3) is 38.7. The van der Waals surface area contributed by atoms with Crippen molar-refractivity contribution in [3.8, 4) is 0 Å². The Kier molecular flexibility index (Phi) is 39.4. The van der Waals surface area contributed by atoms with E-state index in [1.165, 1.54) is 225 Å². The second kappa shape index (κ2) is 38.7. The fourth-order valence-corrected chi connectivity index (χ4v) is 6.50. The van der Waals surface area contributed by atoms with Crippen molar-refractivity contribution < 1.29 is 0 Å². The molecule has 0 saturated heterocycles. The van der Waals surface area contributed by atoms with Crippen molar-refractivity contribution >= 4 is 25.3 Å². The summed E-state index contributed by atoms with van der Waals surface area (Å²) in [6.07, 6.45) is 51.2. The molecule has 0 unspecified atom stereocenters. The smallest absolute Gasteiger partial charge is 0.00979 e. The van der Waals surface area contributed by atoms with Gasteiger partial charge in [-0.2, -0.15) is 25.3 Å². The van der Waals surface area contributed by atoms with Crippen molar-refractivity contribution in [1.82, 2.24) is 0 Å². The van der Waals surface area contributed by atoms with Crippen LogP contribution in [0.3, 0.4) is 0 Å². The van der Waals surface area contributed by atoms with Crippen molar-refractivity contribution in [3.63, 3.8) is 0 Å². The maximum atomic E-state index is 4.29. The van der Waals surface area contributed by atoms with Crippen LogP contribution >= 0.6 is 25.3 Å². The van der Waals surface area contributed by atoms with Crippen LogP contribution in [-0.2, 0) is 0 Å². The van der Waals surface area contributed by atoms with E-state index in [2.05, 4.69) is 25.3 Å². The van der Waals surface area contributed by atoms with Gasteiger partial charge < -0.3 is 0 Å². The second-order valence-electron chi connectivity index (χ2n) is 12.8. The standard InChI is InChI=1S/C37H76S2/c38-36-34-32-30-28-26-24-22-20-18-16-14-12-10-8-6-4-2-1-3-5-7-9-11-13-15-17-19-21-23-25-27-29-31-33-35-37-39/h38-39H,1-37H2. The Balaban J connectivity index is 3.01. The lowest BCUT2D eigenvalue weighted by Gasteiger charge is -2.05. The molecule has 0 rings (SSSR count). The normalized spacial score (nSPS) is 11.5. The molecule has 0 heterocycles. The zero-order valence-electron chi connectivity index (χ0n) is 27.1. The van der Waals surface area contributed by atoms with Crippen molar-refractivity contribution in [2.24, 2.45) is 0 Å². The van der Waals surface area contributed by atoms with Crippen LogP contribution in [0.5, 0.6) is 0 Å². The van der Waals surface area contributed by atoms with Gasteiger partial charge in [0.2, 0.25) is 0 Å². The van der Waals surface area contributed by atoms with Gasteiger partial charge in [0.05, 0.1) is 0 Å². The van der Waals surface area contributed by atoms with Gasteiger partial charge in [-0.25, -0.2) is 0 Å². The van der Waals surface area contributed by atoms with Crippen LogP contribution in [-0.4, -0.2) is 11.5 Å². The summed E-state index contributed by atoms with van der Waals surface area (Å²) in [6, 6.07) is 0. The van der Waals surface area contributed by atoms with Crippen molar-refractivity contribution in [2.45, 2.75) is 225 Å². The van der Waals surface area contributed by atoms with E-state index in [0.29, 0.717) is 0 Å². The predicted octanol–water partition coefficient (Wildman–Crippen LogP) is 14.5. The summed E-state index contributed by atoms with van der Waals surface area (Å²) in [5.74, 6) is 2.14. The summed E-state index contributed by atoms with van der Waals surface area (Å²) >= 11 is 8.58. The van der Waals surface area contributed by atoms with Gasteiger partial charge in [0.25, 0.3) is 0 Å². The van der Waals surface area contributed by atoms with Gasteiger partial charge in [0.1, 0.15) is 0 Å². The molecule has 236 valence electrons. The van der Waals surface area contributed by atoms with Gasteiger partial charge in [-0.05, 0) is 24.3 Å². The molecule has 0 atom stereocenters. The molecule has 0 aromatic heterocycles. The molecule has 0 aromatic rings. The van der Waals surface area contributed by atoms with Crippen LogP contribution in [0.1, 0.15) is 225 Å². The van der Waals surface area contributed by atoms with Gasteiger partial charge in [-0.15, -0.1) is 0 Å². The Morgan fingerprint density at radius 3 is 0.282 bits per heavy atom. The first-order chi connectivity index (χ1) is 19.4. The van der Waals surface area contributed by atoms with Crippen LogP contribution in [0, 0.1) is 0 Å². The van der Waals surface area contributed by atoms with Crippen LogP contribution in [0.15, 0.2) is 0 Å². The molecule has 0 nitrogen and oxygen atoms in total. The highest BCUT2D eigenvalue weighted by Gasteiger charge is 1.97. The fourth-order valence-electron chi connectivity index (χ4n) is 6.06. The molecule has 2 heteroatoms. The third-order valence-electron chi connectivity index (χ3n) is 8.82. The van der Waals surface area contributed by atoms with E-state index in [4.69, 9.17) is 0 Å². The third-order valence-corrected chi connectivity index (χ3v) is 9.45. The fraction of sp³-hybridized carbons (Fsp3) is 1.00. The molecule has 0 saturated carbocycles. The van der Waals surface area contributed by atoms with E-state index in [9.17, 15) is 0 Å². The van der Waals surface area contributed by atoms with E-state index in [0.717, 1.165) is 11.5 Å². The van der Waals surface area contributed by atoms with Crippen LogP contribution < -0.4 is 0 Å². The molecule has 0 spiro atoms. The van der Waals surface area contributed by atoms with Crippen LogP contribution in [0.4, 0.5) is 0 Å². The minimum Gasteiger partial charge on any atom is -0.179 e. The van der Waals surface area contributed by atoms with Crippen molar-refractivity contribution in [3.05, 3.63) is 0 Å². The largest absolute Gasteiger partial charge is 0.179 e. The van der Waals surface area contributed by atoms with E-state index < -0.39 is 0 Å². The molecule has 0 N–H and O–H groups in total. The van der Waals surface area contributed by atoms with E-state index in [1.807, 2.05) is 0 Å². The van der Waals surface area contributed by atoms with Crippen LogP contribution in [0.2, 0.25) is 0 Å². The average Bonchev–Trinajstić information content (AvgIpc) is 2.95. The zero-order valence-corrected chi connectivity index (χ0v) is 28.8. The van der Waals surface area contributed by atoms with Gasteiger partial charge in [0, 0.05) is 0 Å². The first-order valence-corrected chi connectivity index (χ1v) is 19.9. The number of unbranched alkanes of at least 4 members (excludes halogenated alkanes) is 34. The molecule has 0 amide bonds. The van der Waals surface area contributed by atoms with Gasteiger partial charge >= 0.3 is 0 Å². The minimum atomic E-state index is 1.07. The topological polar surface area (TPSA) is 0 Å². The van der Waals surface area contributed by atoms with Gasteiger partial charge in [-0.3, -0.25) is 0 Å². The SMILES string of the molecule is SCCCCCCCCCCCCCCCCCCCCCCCCCCCCCCCCCCCCCS. The second-order valence-corrected chi connectivity index (χ2v) is 13.7. The first kappa shape index (κ1) is 39.7. The molecule has 39 heavy (non-hydrogen) atoms. The molecule has 0 radical (unpaired) electrons. The quantitative estimate of drug-likeness (QED) is 0.0531. The number of hydrogen-bond acceptors (Lipinski definition) is 2.